The maximum Gasteiger partial charge on any atom is 0.310 e. The van der Waals surface area contributed by atoms with Crippen molar-refractivity contribution in [3.8, 4) is 5.69 Å². The van der Waals surface area contributed by atoms with Gasteiger partial charge in [-0.2, -0.15) is 5.10 Å². The molecule has 1 saturated heterocycles. The highest BCUT2D eigenvalue weighted by molar-refractivity contribution is 5.93. The van der Waals surface area contributed by atoms with Crippen molar-refractivity contribution in [2.24, 2.45) is 5.92 Å². The number of ether oxygens (including phenoxy) is 1. The molecule has 0 bridgehead atoms. The fourth-order valence-electron chi connectivity index (χ4n) is 3.86. The lowest BCUT2D eigenvalue weighted by molar-refractivity contribution is -0.151. The minimum absolute atomic E-state index is 0.00114. The van der Waals surface area contributed by atoms with Crippen LogP contribution >= 0.6 is 0 Å². The zero-order valence-corrected chi connectivity index (χ0v) is 20.3. The van der Waals surface area contributed by atoms with Gasteiger partial charge in [0.15, 0.2) is 0 Å². The topological polar surface area (TPSA) is 93.5 Å². The maximum atomic E-state index is 13.4. The van der Waals surface area contributed by atoms with Crippen LogP contribution < -0.4 is 5.32 Å². The maximum absolute atomic E-state index is 13.4. The van der Waals surface area contributed by atoms with Gasteiger partial charge in [0.05, 0.1) is 23.9 Å². The van der Waals surface area contributed by atoms with Crippen molar-refractivity contribution in [1.29, 1.82) is 0 Å². The Bertz CT molecular complexity index is 1030. The Morgan fingerprint density at radius 3 is 2.53 bits per heavy atom. The number of anilines is 1. The van der Waals surface area contributed by atoms with Gasteiger partial charge in [-0.25, -0.2) is 9.07 Å². The van der Waals surface area contributed by atoms with Crippen molar-refractivity contribution in [3.63, 3.8) is 0 Å². The van der Waals surface area contributed by atoms with Crippen molar-refractivity contribution in [3.05, 3.63) is 41.8 Å². The predicted molar refractivity (Wildman–Crippen MR) is 126 cm³/mol. The Morgan fingerprint density at radius 1 is 1.18 bits per heavy atom. The summed E-state index contributed by atoms with van der Waals surface area (Å²) in [5, 5.41) is 7.44. The van der Waals surface area contributed by atoms with Crippen LogP contribution in [0.4, 0.5) is 10.2 Å². The second kappa shape index (κ2) is 10.8. The lowest BCUT2D eigenvalue weighted by Crippen LogP contribution is -2.43. The summed E-state index contributed by atoms with van der Waals surface area (Å²) in [6.07, 6.45) is 1.47. The molecule has 0 saturated carbocycles. The van der Waals surface area contributed by atoms with E-state index in [1.165, 1.54) is 12.1 Å². The van der Waals surface area contributed by atoms with E-state index < -0.39 is 0 Å². The lowest BCUT2D eigenvalue weighted by Gasteiger charge is -2.31. The number of carbonyl (C=O) groups excluding carboxylic acids is 3. The summed E-state index contributed by atoms with van der Waals surface area (Å²) in [7, 11) is 0. The summed E-state index contributed by atoms with van der Waals surface area (Å²) in [5.74, 6) is -0.982. The highest BCUT2D eigenvalue weighted by Crippen LogP contribution is 2.27. The number of nitrogens with one attached hydrogen (secondary N) is 1. The summed E-state index contributed by atoms with van der Waals surface area (Å²) in [4.78, 5) is 39.0. The molecule has 0 aliphatic carbocycles. The molecule has 1 fully saturated rings. The number of amides is 2. The van der Waals surface area contributed by atoms with Crippen LogP contribution in [-0.2, 0) is 24.5 Å². The normalized spacial score (nSPS) is 16.3. The molecule has 1 aliphatic heterocycles. The third-order valence-electron chi connectivity index (χ3n) is 5.78. The minimum Gasteiger partial charge on any atom is -0.466 e. The molecule has 9 heteroatoms. The van der Waals surface area contributed by atoms with Crippen LogP contribution in [0.3, 0.4) is 0 Å². The van der Waals surface area contributed by atoms with Crippen LogP contribution in [0.2, 0.25) is 0 Å². The van der Waals surface area contributed by atoms with E-state index >= 15 is 0 Å². The first-order valence-corrected chi connectivity index (χ1v) is 11.7. The van der Waals surface area contributed by atoms with Crippen LogP contribution in [0, 0.1) is 11.7 Å². The second-order valence-corrected chi connectivity index (χ2v) is 9.53. The van der Waals surface area contributed by atoms with Crippen molar-refractivity contribution in [2.45, 2.75) is 58.8 Å². The number of carbonyl (C=O) groups is 3. The molecule has 3 rings (SSSR count). The van der Waals surface area contributed by atoms with E-state index in [-0.39, 0.29) is 47.8 Å². The van der Waals surface area contributed by atoms with Gasteiger partial charge in [0, 0.05) is 37.4 Å². The van der Waals surface area contributed by atoms with Gasteiger partial charge in [-0.1, -0.05) is 20.8 Å². The molecule has 1 aromatic carbocycles. The molecule has 1 aromatic heterocycles. The van der Waals surface area contributed by atoms with Gasteiger partial charge in [0.2, 0.25) is 11.8 Å². The highest BCUT2D eigenvalue weighted by Gasteiger charge is 2.29. The SMILES string of the molecule is CCOC(=O)[C@@H]1CCCN(C(=O)CCC(=O)Nc2cc(C(C)(C)C)nn2-c2ccc(F)cc2)C1. The molecule has 0 spiro atoms. The summed E-state index contributed by atoms with van der Waals surface area (Å²) >= 11 is 0. The number of esters is 1. The van der Waals surface area contributed by atoms with E-state index in [0.717, 1.165) is 12.1 Å². The monoisotopic (exact) mass is 472 g/mol. The molecule has 2 heterocycles. The van der Waals surface area contributed by atoms with Gasteiger partial charge in [-0.15, -0.1) is 0 Å². The van der Waals surface area contributed by atoms with Crippen LogP contribution in [0.15, 0.2) is 30.3 Å². The molecule has 0 unspecified atom stereocenters. The molecule has 1 N–H and O–H groups in total. The molecule has 184 valence electrons. The fourth-order valence-corrected chi connectivity index (χ4v) is 3.86. The van der Waals surface area contributed by atoms with Crippen molar-refractivity contribution >= 4 is 23.6 Å². The third kappa shape index (κ3) is 6.42. The van der Waals surface area contributed by atoms with Gasteiger partial charge >= 0.3 is 5.97 Å². The molecule has 2 aromatic rings. The number of halogens is 1. The Labute approximate surface area is 199 Å². The zero-order chi connectivity index (χ0) is 24.9. The van der Waals surface area contributed by atoms with E-state index in [1.54, 1.807) is 34.7 Å². The van der Waals surface area contributed by atoms with Crippen LogP contribution in [0.5, 0.6) is 0 Å². The number of piperidine rings is 1. The van der Waals surface area contributed by atoms with Gasteiger partial charge < -0.3 is 15.0 Å². The Morgan fingerprint density at radius 2 is 1.88 bits per heavy atom. The van der Waals surface area contributed by atoms with Gasteiger partial charge in [0.25, 0.3) is 0 Å². The first-order chi connectivity index (χ1) is 16.1. The van der Waals surface area contributed by atoms with E-state index in [0.29, 0.717) is 37.6 Å². The number of hydrogen-bond donors (Lipinski definition) is 1. The van der Waals surface area contributed by atoms with E-state index in [2.05, 4.69) is 10.4 Å². The van der Waals surface area contributed by atoms with Gasteiger partial charge in [-0.05, 0) is 44.0 Å². The molecule has 0 radical (unpaired) electrons. The van der Waals surface area contributed by atoms with E-state index in [4.69, 9.17) is 4.74 Å². The second-order valence-electron chi connectivity index (χ2n) is 9.53. The molecule has 2 amide bonds. The predicted octanol–water partition coefficient (Wildman–Crippen LogP) is 3.83. The molecule has 1 aliphatic rings. The van der Waals surface area contributed by atoms with E-state index in [1.807, 2.05) is 20.8 Å². The number of nitrogens with zero attached hydrogens (tertiary/aromatic N) is 3. The largest absolute Gasteiger partial charge is 0.466 e. The Balaban J connectivity index is 1.64. The van der Waals surface area contributed by atoms with Crippen molar-refractivity contribution < 1.29 is 23.5 Å². The number of hydrogen-bond acceptors (Lipinski definition) is 5. The van der Waals surface area contributed by atoms with Gasteiger partial charge in [0.1, 0.15) is 11.6 Å². The zero-order valence-electron chi connectivity index (χ0n) is 20.3. The van der Waals surface area contributed by atoms with Crippen LogP contribution in [0.1, 0.15) is 59.1 Å². The average molecular weight is 473 g/mol. The molecular weight excluding hydrogens is 439 g/mol. The van der Waals surface area contributed by atoms with E-state index in [9.17, 15) is 18.8 Å². The Kier molecular flexibility index (Phi) is 8.06. The van der Waals surface area contributed by atoms with Gasteiger partial charge in [-0.3, -0.25) is 14.4 Å². The Hall–Kier alpha value is -3.23. The first-order valence-electron chi connectivity index (χ1n) is 11.7. The summed E-state index contributed by atoms with van der Waals surface area (Å²) in [5.41, 5.74) is 1.12. The minimum atomic E-state index is -0.362. The summed E-state index contributed by atoms with van der Waals surface area (Å²) < 4.78 is 20.0. The van der Waals surface area contributed by atoms with Crippen LogP contribution in [-0.4, -0.2) is 52.2 Å². The third-order valence-corrected chi connectivity index (χ3v) is 5.78. The quantitative estimate of drug-likeness (QED) is 0.618. The molecule has 34 heavy (non-hydrogen) atoms. The van der Waals surface area contributed by atoms with Crippen molar-refractivity contribution in [2.75, 3.05) is 25.0 Å². The molecule has 1 atom stereocenters. The molecular formula is C25H33FN4O4. The highest BCUT2D eigenvalue weighted by atomic mass is 19.1. The summed E-state index contributed by atoms with van der Waals surface area (Å²) in [6, 6.07) is 7.63. The summed E-state index contributed by atoms with van der Waals surface area (Å²) in [6.45, 7) is 9.00. The number of rotatable bonds is 7. The number of aromatic nitrogens is 2. The smallest absolute Gasteiger partial charge is 0.310 e. The van der Waals surface area contributed by atoms with Crippen molar-refractivity contribution in [1.82, 2.24) is 14.7 Å². The first kappa shape index (κ1) is 25.4. The lowest BCUT2D eigenvalue weighted by atomic mass is 9.92. The number of benzene rings is 1. The van der Waals surface area contributed by atoms with Crippen LogP contribution in [0.25, 0.3) is 5.69 Å². The standard InChI is InChI=1S/C25H33FN4O4/c1-5-34-24(33)17-7-6-14-29(16-17)23(32)13-12-22(31)27-21-15-20(25(2,3)4)28-30(21)19-10-8-18(26)9-11-19/h8-11,15,17H,5-7,12-14,16H2,1-4H3,(H,27,31)/t17-/m1/s1. The fraction of sp³-hybridized carbons (Fsp3) is 0.520. The molecule has 8 nitrogen and oxygen atoms in total. The number of likely N-dealkylation sites (tertiary alicyclic amines) is 1. The average Bonchev–Trinajstić information content (AvgIpc) is 3.22.